The molecule has 0 saturated heterocycles. The number of aromatic amines is 1. The number of alkyl halides is 1. The van der Waals surface area contributed by atoms with E-state index in [0.29, 0.717) is 23.7 Å². The molecule has 1 aromatic heterocycles. The Kier molecular flexibility index (Phi) is 3.81. The standard InChI is InChI=1S/C13H12BrNO3/c14-6-2-5-10(16)9-7-8-3-1-4-11(17)12(8)15-13(9)18/h1,3-4,7,17H,2,5-6H2,(H,15,18). The largest absolute Gasteiger partial charge is 0.506 e. The lowest BCUT2D eigenvalue weighted by Gasteiger charge is -2.03. The molecule has 0 spiro atoms. The molecule has 0 radical (unpaired) electrons. The maximum Gasteiger partial charge on any atom is 0.259 e. The van der Waals surface area contributed by atoms with Crippen molar-refractivity contribution in [2.45, 2.75) is 12.8 Å². The fraction of sp³-hybridized carbons (Fsp3) is 0.231. The normalized spacial score (nSPS) is 10.7. The van der Waals surface area contributed by atoms with Crippen molar-refractivity contribution < 1.29 is 9.90 Å². The molecule has 0 unspecified atom stereocenters. The number of carbonyl (C=O) groups excluding carboxylic acids is 1. The van der Waals surface area contributed by atoms with Crippen LogP contribution in [0.15, 0.2) is 29.1 Å². The molecule has 0 aliphatic rings. The molecule has 2 aromatic rings. The zero-order chi connectivity index (χ0) is 13.1. The number of rotatable bonds is 4. The molecule has 1 heterocycles. The van der Waals surface area contributed by atoms with Crippen LogP contribution < -0.4 is 5.56 Å². The zero-order valence-electron chi connectivity index (χ0n) is 9.57. The van der Waals surface area contributed by atoms with Crippen LogP contribution >= 0.6 is 15.9 Å². The van der Waals surface area contributed by atoms with Gasteiger partial charge in [0.25, 0.3) is 5.56 Å². The van der Waals surface area contributed by atoms with Crippen LogP contribution in [0.2, 0.25) is 0 Å². The molecular weight excluding hydrogens is 298 g/mol. The highest BCUT2D eigenvalue weighted by molar-refractivity contribution is 9.09. The first-order chi connectivity index (χ1) is 8.63. The fourth-order valence-corrected chi connectivity index (χ4v) is 2.07. The monoisotopic (exact) mass is 309 g/mol. The molecule has 2 N–H and O–H groups in total. The Hall–Kier alpha value is -1.62. The van der Waals surface area contributed by atoms with Gasteiger partial charge < -0.3 is 10.1 Å². The number of aromatic nitrogens is 1. The molecule has 4 nitrogen and oxygen atoms in total. The predicted molar refractivity (Wildman–Crippen MR) is 73.6 cm³/mol. The molecule has 2 rings (SSSR count). The van der Waals surface area contributed by atoms with Crippen LogP contribution in [0.4, 0.5) is 0 Å². The Balaban J connectivity index is 2.50. The second-order valence-corrected chi connectivity index (χ2v) is 4.76. The summed E-state index contributed by atoms with van der Waals surface area (Å²) in [6, 6.07) is 6.43. The third-order valence-electron chi connectivity index (χ3n) is 2.70. The number of fused-ring (bicyclic) bond motifs is 1. The molecule has 18 heavy (non-hydrogen) atoms. The van der Waals surface area contributed by atoms with E-state index in [-0.39, 0.29) is 17.1 Å². The van der Waals surface area contributed by atoms with Gasteiger partial charge in [0, 0.05) is 17.1 Å². The van der Waals surface area contributed by atoms with Gasteiger partial charge >= 0.3 is 0 Å². The summed E-state index contributed by atoms with van der Waals surface area (Å²) in [6.45, 7) is 0. The van der Waals surface area contributed by atoms with Crippen molar-refractivity contribution in [1.82, 2.24) is 4.98 Å². The molecule has 0 fully saturated rings. The van der Waals surface area contributed by atoms with Gasteiger partial charge in [0.05, 0.1) is 11.1 Å². The summed E-state index contributed by atoms with van der Waals surface area (Å²) in [4.78, 5) is 26.2. The topological polar surface area (TPSA) is 70.2 Å². The van der Waals surface area contributed by atoms with Gasteiger partial charge in [-0.1, -0.05) is 28.1 Å². The number of H-pyrrole nitrogens is 1. The van der Waals surface area contributed by atoms with Crippen LogP contribution in [0.1, 0.15) is 23.2 Å². The lowest BCUT2D eigenvalue weighted by Crippen LogP contribution is -2.17. The maximum absolute atomic E-state index is 11.8. The second-order valence-electron chi connectivity index (χ2n) is 3.97. The van der Waals surface area contributed by atoms with Gasteiger partial charge in [-0.2, -0.15) is 0 Å². The number of ketones is 1. The summed E-state index contributed by atoms with van der Waals surface area (Å²) in [7, 11) is 0. The number of carbonyl (C=O) groups is 1. The zero-order valence-corrected chi connectivity index (χ0v) is 11.2. The van der Waals surface area contributed by atoms with E-state index in [1.165, 1.54) is 12.1 Å². The quantitative estimate of drug-likeness (QED) is 0.673. The second kappa shape index (κ2) is 5.35. The van der Waals surface area contributed by atoms with Crippen LogP contribution in [0.3, 0.4) is 0 Å². The van der Waals surface area contributed by atoms with Crippen LogP contribution in [-0.2, 0) is 0 Å². The van der Waals surface area contributed by atoms with E-state index in [9.17, 15) is 14.7 Å². The third-order valence-corrected chi connectivity index (χ3v) is 3.26. The number of phenols is 1. The number of hydrogen-bond acceptors (Lipinski definition) is 3. The maximum atomic E-state index is 11.8. The average molecular weight is 310 g/mol. The Bertz CT molecular complexity index is 648. The van der Waals surface area contributed by atoms with Crippen molar-refractivity contribution in [2.24, 2.45) is 0 Å². The van der Waals surface area contributed by atoms with Crippen LogP contribution in [0.25, 0.3) is 10.9 Å². The van der Waals surface area contributed by atoms with Crippen molar-refractivity contribution in [3.63, 3.8) is 0 Å². The van der Waals surface area contributed by atoms with Gasteiger partial charge in [-0.05, 0) is 18.6 Å². The summed E-state index contributed by atoms with van der Waals surface area (Å²) >= 11 is 3.25. The first kappa shape index (κ1) is 12.8. The van der Waals surface area contributed by atoms with Crippen LogP contribution in [0, 0.1) is 0 Å². The Labute approximate surface area is 112 Å². The van der Waals surface area contributed by atoms with Crippen molar-refractivity contribution in [2.75, 3.05) is 5.33 Å². The van der Waals surface area contributed by atoms with Crippen molar-refractivity contribution >= 4 is 32.6 Å². The van der Waals surface area contributed by atoms with E-state index in [4.69, 9.17) is 0 Å². The molecule has 5 heteroatoms. The number of benzene rings is 1. The average Bonchev–Trinajstić information content (AvgIpc) is 2.36. The third kappa shape index (κ3) is 2.46. The van der Waals surface area contributed by atoms with Crippen molar-refractivity contribution in [3.8, 4) is 5.75 Å². The van der Waals surface area contributed by atoms with E-state index in [0.717, 1.165) is 5.33 Å². The molecule has 0 bridgehead atoms. The minimum atomic E-state index is -0.455. The Morgan fingerprint density at radius 2 is 2.17 bits per heavy atom. The van der Waals surface area contributed by atoms with Crippen LogP contribution in [-0.4, -0.2) is 21.2 Å². The van der Waals surface area contributed by atoms with Gasteiger partial charge in [0.1, 0.15) is 5.75 Å². The van der Waals surface area contributed by atoms with Crippen LogP contribution in [0.5, 0.6) is 5.75 Å². The van der Waals surface area contributed by atoms with Gasteiger partial charge in [0.2, 0.25) is 0 Å². The van der Waals surface area contributed by atoms with E-state index in [1.807, 2.05) is 0 Å². The van der Waals surface area contributed by atoms with Crippen molar-refractivity contribution in [3.05, 3.63) is 40.2 Å². The SMILES string of the molecule is O=C(CCCBr)c1cc2cccc(O)c2[nH]c1=O. The van der Waals surface area contributed by atoms with Gasteiger partial charge in [-0.15, -0.1) is 0 Å². The number of phenolic OH excluding ortho intramolecular Hbond substituents is 1. The van der Waals surface area contributed by atoms with Crippen molar-refractivity contribution in [1.29, 1.82) is 0 Å². The Morgan fingerprint density at radius 1 is 1.39 bits per heavy atom. The van der Waals surface area contributed by atoms with Gasteiger partial charge in [-0.25, -0.2) is 0 Å². The summed E-state index contributed by atoms with van der Waals surface area (Å²) in [5, 5.41) is 11.0. The first-order valence-corrected chi connectivity index (χ1v) is 6.70. The molecule has 0 aliphatic heterocycles. The summed E-state index contributed by atoms with van der Waals surface area (Å²) in [5.41, 5.74) is 0.0529. The van der Waals surface area contributed by atoms with Gasteiger partial charge in [-0.3, -0.25) is 9.59 Å². The predicted octanol–water partition coefficient (Wildman–Crippen LogP) is 2.59. The first-order valence-electron chi connectivity index (χ1n) is 5.57. The highest BCUT2D eigenvalue weighted by Crippen LogP contribution is 2.21. The molecule has 0 aliphatic carbocycles. The fourth-order valence-electron chi connectivity index (χ4n) is 1.79. The molecule has 0 saturated carbocycles. The molecule has 1 aromatic carbocycles. The number of halogens is 1. The highest BCUT2D eigenvalue weighted by Gasteiger charge is 2.12. The number of hydrogen-bond donors (Lipinski definition) is 2. The van der Waals surface area contributed by atoms with E-state index < -0.39 is 5.56 Å². The summed E-state index contributed by atoms with van der Waals surface area (Å²) in [6.07, 6.45) is 1.02. The number of pyridine rings is 1. The highest BCUT2D eigenvalue weighted by atomic mass is 79.9. The summed E-state index contributed by atoms with van der Waals surface area (Å²) in [5.74, 6) is -0.176. The van der Waals surface area contributed by atoms with Gasteiger partial charge in [0.15, 0.2) is 5.78 Å². The number of nitrogens with one attached hydrogen (secondary N) is 1. The number of para-hydroxylation sites is 1. The molecule has 94 valence electrons. The van der Waals surface area contributed by atoms with E-state index in [1.54, 1.807) is 12.1 Å². The Morgan fingerprint density at radius 3 is 2.89 bits per heavy atom. The number of aromatic hydroxyl groups is 1. The summed E-state index contributed by atoms with van der Waals surface area (Å²) < 4.78 is 0. The van der Waals surface area contributed by atoms with E-state index in [2.05, 4.69) is 20.9 Å². The number of Topliss-reactive ketones (excluding diaryl/α,β-unsaturated/α-hetero) is 1. The minimum absolute atomic E-state index is 0.00376. The lowest BCUT2D eigenvalue weighted by molar-refractivity contribution is 0.0981. The lowest BCUT2D eigenvalue weighted by atomic mass is 10.1. The minimum Gasteiger partial charge on any atom is -0.506 e. The molecule has 0 amide bonds. The smallest absolute Gasteiger partial charge is 0.259 e. The molecule has 0 atom stereocenters. The van der Waals surface area contributed by atoms with E-state index >= 15 is 0 Å². The molecular formula is C13H12BrNO3.